The molecule has 1 fully saturated rings. The molecule has 0 saturated heterocycles. The first kappa shape index (κ1) is 12.1. The molecule has 1 rings (SSSR count). The summed E-state index contributed by atoms with van der Waals surface area (Å²) in [6, 6.07) is -0.769. The number of alkyl halides is 3. The van der Waals surface area contributed by atoms with Gasteiger partial charge in [-0.15, -0.1) is 0 Å². The SMILES string of the molecule is O=C(NCC(F)(F)F)N(CCO)C1CC1. The molecule has 0 unspecified atom stereocenters. The summed E-state index contributed by atoms with van der Waals surface area (Å²) < 4.78 is 35.4. The molecule has 0 heterocycles. The Morgan fingerprint density at radius 2 is 2.07 bits per heavy atom. The molecule has 0 aliphatic heterocycles. The van der Waals surface area contributed by atoms with Crippen LogP contribution in [0.25, 0.3) is 0 Å². The zero-order valence-corrected chi connectivity index (χ0v) is 8.05. The number of carbonyl (C=O) groups excluding carboxylic acids is 1. The Labute approximate surface area is 85.1 Å². The van der Waals surface area contributed by atoms with Gasteiger partial charge in [0, 0.05) is 12.6 Å². The lowest BCUT2D eigenvalue weighted by molar-refractivity contribution is -0.123. The van der Waals surface area contributed by atoms with E-state index in [1.807, 2.05) is 0 Å². The average molecular weight is 226 g/mol. The largest absolute Gasteiger partial charge is 0.405 e. The zero-order valence-electron chi connectivity index (χ0n) is 8.05. The third-order valence-corrected chi connectivity index (χ3v) is 2.03. The molecule has 2 N–H and O–H groups in total. The fourth-order valence-electron chi connectivity index (χ4n) is 1.22. The van der Waals surface area contributed by atoms with Crippen LogP contribution in [-0.4, -0.2) is 48.0 Å². The number of hydrogen-bond donors (Lipinski definition) is 2. The summed E-state index contributed by atoms with van der Waals surface area (Å²) in [4.78, 5) is 12.5. The second-order valence-electron chi connectivity index (χ2n) is 3.42. The van der Waals surface area contributed by atoms with Gasteiger partial charge < -0.3 is 15.3 Å². The summed E-state index contributed by atoms with van der Waals surface area (Å²) in [5, 5.41) is 10.4. The molecule has 0 spiro atoms. The number of urea groups is 1. The Bertz CT molecular complexity index is 228. The monoisotopic (exact) mass is 226 g/mol. The fourth-order valence-corrected chi connectivity index (χ4v) is 1.22. The highest BCUT2D eigenvalue weighted by molar-refractivity contribution is 5.74. The van der Waals surface area contributed by atoms with Crippen LogP contribution in [-0.2, 0) is 0 Å². The van der Waals surface area contributed by atoms with Gasteiger partial charge in [0.1, 0.15) is 6.54 Å². The minimum atomic E-state index is -4.40. The number of nitrogens with one attached hydrogen (secondary N) is 1. The number of hydrogen-bond acceptors (Lipinski definition) is 2. The number of nitrogens with zero attached hydrogens (tertiary/aromatic N) is 1. The minimum absolute atomic E-state index is 0.00890. The van der Waals surface area contributed by atoms with Crippen molar-refractivity contribution in [1.82, 2.24) is 10.2 Å². The topological polar surface area (TPSA) is 52.6 Å². The highest BCUT2D eigenvalue weighted by atomic mass is 19.4. The van der Waals surface area contributed by atoms with E-state index in [4.69, 9.17) is 5.11 Å². The Kier molecular flexibility index (Phi) is 3.78. The lowest BCUT2D eigenvalue weighted by Crippen LogP contribution is -2.45. The van der Waals surface area contributed by atoms with Crippen LogP contribution in [0.1, 0.15) is 12.8 Å². The number of halogens is 3. The Morgan fingerprint density at radius 3 is 2.47 bits per heavy atom. The normalized spacial score (nSPS) is 16.3. The van der Waals surface area contributed by atoms with Crippen LogP contribution in [0.15, 0.2) is 0 Å². The Morgan fingerprint density at radius 1 is 1.47 bits per heavy atom. The van der Waals surface area contributed by atoms with Crippen molar-refractivity contribution in [3.63, 3.8) is 0 Å². The lowest BCUT2D eigenvalue weighted by atomic mass is 10.5. The summed E-state index contributed by atoms with van der Waals surface area (Å²) >= 11 is 0. The highest BCUT2D eigenvalue weighted by Gasteiger charge is 2.34. The third-order valence-electron chi connectivity index (χ3n) is 2.03. The summed E-state index contributed by atoms with van der Waals surface area (Å²) in [5.74, 6) is 0. The molecule has 0 radical (unpaired) electrons. The zero-order chi connectivity index (χ0) is 11.5. The summed E-state index contributed by atoms with van der Waals surface area (Å²) in [6.07, 6.45) is -2.82. The average Bonchev–Trinajstić information content (AvgIpc) is 2.92. The van der Waals surface area contributed by atoms with Crippen molar-refractivity contribution in [3.05, 3.63) is 0 Å². The van der Waals surface area contributed by atoms with Crippen molar-refractivity contribution in [2.24, 2.45) is 0 Å². The van der Waals surface area contributed by atoms with Crippen LogP contribution in [0.5, 0.6) is 0 Å². The van der Waals surface area contributed by atoms with Gasteiger partial charge in [0.15, 0.2) is 0 Å². The molecule has 15 heavy (non-hydrogen) atoms. The van der Waals surface area contributed by atoms with Crippen molar-refractivity contribution in [2.75, 3.05) is 19.7 Å². The van der Waals surface area contributed by atoms with E-state index >= 15 is 0 Å². The smallest absolute Gasteiger partial charge is 0.395 e. The lowest BCUT2D eigenvalue weighted by Gasteiger charge is -2.22. The first-order valence-electron chi connectivity index (χ1n) is 4.66. The molecule has 7 heteroatoms. The van der Waals surface area contributed by atoms with Crippen LogP contribution in [0.3, 0.4) is 0 Å². The number of aliphatic hydroxyl groups excluding tert-OH is 1. The van der Waals surface area contributed by atoms with Crippen molar-refractivity contribution in [1.29, 1.82) is 0 Å². The molecule has 0 aromatic heterocycles. The quantitative estimate of drug-likeness (QED) is 0.742. The van der Waals surface area contributed by atoms with Gasteiger partial charge in [0.25, 0.3) is 0 Å². The number of amides is 2. The molecule has 0 aromatic carbocycles. The molecule has 0 bridgehead atoms. The first-order valence-corrected chi connectivity index (χ1v) is 4.66. The molecular formula is C8H13F3N2O2. The molecular weight excluding hydrogens is 213 g/mol. The second-order valence-corrected chi connectivity index (χ2v) is 3.42. The number of aliphatic hydroxyl groups is 1. The van der Waals surface area contributed by atoms with Crippen LogP contribution in [0.4, 0.5) is 18.0 Å². The molecule has 0 atom stereocenters. The van der Waals surface area contributed by atoms with E-state index in [0.717, 1.165) is 12.8 Å². The Hall–Kier alpha value is -0.980. The predicted molar refractivity (Wildman–Crippen MR) is 46.3 cm³/mol. The second kappa shape index (κ2) is 4.69. The van der Waals surface area contributed by atoms with Gasteiger partial charge in [-0.3, -0.25) is 0 Å². The Balaban J connectivity index is 2.35. The van der Waals surface area contributed by atoms with Crippen LogP contribution >= 0.6 is 0 Å². The molecule has 4 nitrogen and oxygen atoms in total. The number of rotatable bonds is 4. The van der Waals surface area contributed by atoms with Gasteiger partial charge in [-0.05, 0) is 12.8 Å². The maximum Gasteiger partial charge on any atom is 0.405 e. The maximum absolute atomic E-state index is 11.8. The molecule has 1 aliphatic rings. The third kappa shape index (κ3) is 4.37. The van der Waals surface area contributed by atoms with E-state index < -0.39 is 18.8 Å². The maximum atomic E-state index is 11.8. The van der Waals surface area contributed by atoms with Crippen molar-refractivity contribution >= 4 is 6.03 Å². The van der Waals surface area contributed by atoms with Crippen LogP contribution in [0, 0.1) is 0 Å². The van der Waals surface area contributed by atoms with E-state index in [-0.39, 0.29) is 19.2 Å². The molecule has 1 aliphatic carbocycles. The first-order chi connectivity index (χ1) is 6.94. The summed E-state index contributed by atoms with van der Waals surface area (Å²) in [5.41, 5.74) is 0. The number of carbonyl (C=O) groups is 1. The predicted octanol–water partition coefficient (Wildman–Crippen LogP) is 0.715. The standard InChI is InChI=1S/C8H13F3N2O2/c9-8(10,11)5-12-7(15)13(3-4-14)6-1-2-6/h6,14H,1-5H2,(H,12,15). The van der Waals surface area contributed by atoms with Gasteiger partial charge >= 0.3 is 12.2 Å². The highest BCUT2D eigenvalue weighted by Crippen LogP contribution is 2.26. The molecule has 0 aromatic rings. The van der Waals surface area contributed by atoms with Crippen molar-refractivity contribution in [3.8, 4) is 0 Å². The van der Waals surface area contributed by atoms with Crippen LogP contribution in [0.2, 0.25) is 0 Å². The molecule has 1 saturated carbocycles. The van der Waals surface area contributed by atoms with E-state index in [9.17, 15) is 18.0 Å². The van der Waals surface area contributed by atoms with E-state index in [0.29, 0.717) is 0 Å². The van der Waals surface area contributed by atoms with E-state index in [2.05, 4.69) is 0 Å². The van der Waals surface area contributed by atoms with E-state index in [1.165, 1.54) is 4.90 Å². The van der Waals surface area contributed by atoms with Gasteiger partial charge in [0.2, 0.25) is 0 Å². The van der Waals surface area contributed by atoms with Gasteiger partial charge in [-0.1, -0.05) is 0 Å². The van der Waals surface area contributed by atoms with Gasteiger partial charge in [-0.2, -0.15) is 13.2 Å². The fraction of sp³-hybridized carbons (Fsp3) is 0.875. The molecule has 2 amide bonds. The van der Waals surface area contributed by atoms with Crippen molar-refractivity contribution in [2.45, 2.75) is 25.1 Å². The summed E-state index contributed by atoms with van der Waals surface area (Å²) in [6.45, 7) is -1.50. The van der Waals surface area contributed by atoms with E-state index in [1.54, 1.807) is 5.32 Å². The van der Waals surface area contributed by atoms with Crippen LogP contribution < -0.4 is 5.32 Å². The summed E-state index contributed by atoms with van der Waals surface area (Å²) in [7, 11) is 0. The minimum Gasteiger partial charge on any atom is -0.395 e. The van der Waals surface area contributed by atoms with Gasteiger partial charge in [-0.25, -0.2) is 4.79 Å². The molecule has 88 valence electrons. The van der Waals surface area contributed by atoms with Crippen molar-refractivity contribution < 1.29 is 23.1 Å². The van der Waals surface area contributed by atoms with Gasteiger partial charge in [0.05, 0.1) is 6.61 Å².